The van der Waals surface area contributed by atoms with Gasteiger partial charge in [0.1, 0.15) is 30.5 Å². The van der Waals surface area contributed by atoms with Crippen LogP contribution in [0.15, 0.2) is 170 Å². The molecule has 1 unspecified atom stereocenters. The molecule has 1 aliphatic rings. The Kier molecular flexibility index (Phi) is 16.8. The molecule has 0 bridgehead atoms. The van der Waals surface area contributed by atoms with Gasteiger partial charge in [0.2, 0.25) is 0 Å². The van der Waals surface area contributed by atoms with E-state index in [0.717, 1.165) is 34.2 Å². The van der Waals surface area contributed by atoms with E-state index in [1.54, 1.807) is 0 Å². The van der Waals surface area contributed by atoms with Gasteiger partial charge in [0.05, 0.1) is 33.0 Å². The molecular weight excluding hydrogens is 749 g/mol. The van der Waals surface area contributed by atoms with E-state index in [1.807, 2.05) is 84.9 Å². The Hall–Kier alpha value is -3.82. The molecule has 275 valence electrons. The van der Waals surface area contributed by atoms with Crippen molar-refractivity contribution in [1.82, 2.24) is 0 Å². The van der Waals surface area contributed by atoms with Crippen molar-refractivity contribution in [1.29, 1.82) is 0 Å². The zero-order chi connectivity index (χ0) is 35.2. The van der Waals surface area contributed by atoms with Crippen LogP contribution < -0.4 is 0 Å². The molecule has 1 radical (unpaired) electrons. The van der Waals surface area contributed by atoms with Crippen molar-refractivity contribution >= 4 is 0 Å². The summed E-state index contributed by atoms with van der Waals surface area (Å²) in [7, 11) is 0. The Morgan fingerprint density at radius 2 is 0.926 bits per heavy atom. The average Bonchev–Trinajstić information content (AvgIpc) is 3.21. The predicted octanol–water partition coefficient (Wildman–Crippen LogP) is 8.66. The van der Waals surface area contributed by atoms with Gasteiger partial charge in [-0.15, -0.1) is 0 Å². The maximum Gasteiger partial charge on any atom is 0.117 e. The first kappa shape index (κ1) is 41.3. The predicted molar refractivity (Wildman–Crippen MR) is 207 cm³/mol. The minimum absolute atomic E-state index is 0. The maximum absolute atomic E-state index is 7.14. The van der Waals surface area contributed by atoms with Crippen LogP contribution in [-0.2, 0) is 89.2 Å². The van der Waals surface area contributed by atoms with Crippen LogP contribution in [0.4, 0.5) is 0 Å². The molecule has 6 aromatic rings. The van der Waals surface area contributed by atoms with Crippen LogP contribution in [0.25, 0.3) is 0 Å². The fraction of sp³-hybridized carbons (Fsp3) is 0.234. The number of ether oxygens (including phenoxy) is 5. The van der Waals surface area contributed by atoms with E-state index in [9.17, 15) is 0 Å². The summed E-state index contributed by atoms with van der Waals surface area (Å²) in [6, 6.07) is 60.9. The van der Waals surface area contributed by atoms with Crippen molar-refractivity contribution in [2.45, 2.75) is 63.4 Å². The third-order valence-corrected chi connectivity index (χ3v) is 9.36. The van der Waals surface area contributed by atoms with Gasteiger partial charge in [-0.1, -0.05) is 146 Å². The molecule has 7 rings (SSSR count). The SMILES string of the molecule is O.[Y].[c-]1ccc(Cc2cccc([C@@H]3O[C@H](COCc4ccccc4)C(OCc4ccccc4)[C@H](OCc4ccccc4)[C@H]3OCc3ccccc3)c2)cc1. The summed E-state index contributed by atoms with van der Waals surface area (Å²) in [5.41, 5.74) is 7.77. The first-order valence-electron chi connectivity index (χ1n) is 18.1. The van der Waals surface area contributed by atoms with E-state index in [2.05, 4.69) is 91.0 Å². The molecule has 6 nitrogen and oxygen atoms in total. The fourth-order valence-electron chi connectivity index (χ4n) is 6.71. The third kappa shape index (κ3) is 11.8. The van der Waals surface area contributed by atoms with Gasteiger partial charge in [-0.05, 0) is 39.8 Å². The Labute approximate surface area is 344 Å². The van der Waals surface area contributed by atoms with Crippen LogP contribution in [0.3, 0.4) is 0 Å². The summed E-state index contributed by atoms with van der Waals surface area (Å²) in [5.74, 6) is 0. The molecule has 7 heteroatoms. The Morgan fingerprint density at radius 1 is 0.463 bits per heavy atom. The Balaban J connectivity index is 0.00000280. The van der Waals surface area contributed by atoms with Crippen molar-refractivity contribution in [2.75, 3.05) is 6.61 Å². The topological polar surface area (TPSA) is 77.7 Å². The molecular formula is C47H47O6Y-. The van der Waals surface area contributed by atoms with E-state index in [1.165, 1.54) is 11.1 Å². The summed E-state index contributed by atoms with van der Waals surface area (Å²) in [5, 5.41) is 0. The minimum atomic E-state index is -0.489. The standard InChI is InChI=1S/C47H45O5.H2O.Y/c1-6-17-36(18-7-1)29-41-27-16-28-42(30-41)44-46(50-33-39-23-12-4-13-24-39)47(51-34-40-25-14-5-15-26-40)45(49-32-38-21-10-3-11-22-38)43(52-44)35-48-31-37-19-8-2-9-20-37;;/h2-28,30,43-47H,29,31-35H2;1H2;/q-1;;/t43-,44+,45?,46+,47+;;/m1../s1. The second-order valence-corrected chi connectivity index (χ2v) is 13.2. The molecule has 6 aromatic carbocycles. The number of hydrogen-bond donors (Lipinski definition) is 0. The van der Waals surface area contributed by atoms with E-state index in [-0.39, 0.29) is 38.2 Å². The quantitative estimate of drug-likeness (QED) is 0.0918. The Bertz CT molecular complexity index is 1900. The van der Waals surface area contributed by atoms with Gasteiger partial charge in [0, 0.05) is 32.7 Å². The summed E-state index contributed by atoms with van der Waals surface area (Å²) in [6.07, 6.45) is -1.55. The van der Waals surface area contributed by atoms with Crippen LogP contribution in [0.5, 0.6) is 0 Å². The smallest absolute Gasteiger partial charge is 0.117 e. The second kappa shape index (κ2) is 21.9. The van der Waals surface area contributed by atoms with Crippen molar-refractivity contribution in [3.05, 3.63) is 215 Å². The van der Waals surface area contributed by atoms with Crippen LogP contribution in [-0.4, -0.2) is 36.5 Å². The monoisotopic (exact) mass is 796 g/mol. The molecule has 5 atom stereocenters. The van der Waals surface area contributed by atoms with Gasteiger partial charge in [-0.2, -0.15) is 35.9 Å². The van der Waals surface area contributed by atoms with Crippen LogP contribution in [0.1, 0.15) is 45.0 Å². The van der Waals surface area contributed by atoms with Crippen LogP contribution in [0, 0.1) is 6.07 Å². The fourth-order valence-corrected chi connectivity index (χ4v) is 6.71. The van der Waals surface area contributed by atoms with Gasteiger partial charge in [-0.25, -0.2) is 0 Å². The van der Waals surface area contributed by atoms with Gasteiger partial charge in [0.25, 0.3) is 0 Å². The average molecular weight is 797 g/mol. The van der Waals surface area contributed by atoms with Crippen LogP contribution in [0.2, 0.25) is 0 Å². The summed E-state index contributed by atoms with van der Waals surface area (Å²) in [4.78, 5) is 0. The molecule has 1 heterocycles. The van der Waals surface area contributed by atoms with E-state index >= 15 is 0 Å². The van der Waals surface area contributed by atoms with Crippen molar-refractivity contribution in [3.8, 4) is 0 Å². The zero-order valence-electron chi connectivity index (χ0n) is 30.4. The van der Waals surface area contributed by atoms with Gasteiger partial charge in [-0.3, -0.25) is 0 Å². The third-order valence-electron chi connectivity index (χ3n) is 9.36. The molecule has 0 spiro atoms. The summed E-state index contributed by atoms with van der Waals surface area (Å²) >= 11 is 0. The molecule has 1 aliphatic heterocycles. The summed E-state index contributed by atoms with van der Waals surface area (Å²) < 4.78 is 34.3. The number of hydrogen-bond acceptors (Lipinski definition) is 5. The van der Waals surface area contributed by atoms with E-state index < -0.39 is 30.5 Å². The molecule has 1 saturated heterocycles. The van der Waals surface area contributed by atoms with Crippen molar-refractivity contribution < 1.29 is 61.9 Å². The summed E-state index contributed by atoms with van der Waals surface area (Å²) in [6.45, 7) is 1.98. The van der Waals surface area contributed by atoms with Gasteiger partial charge in [0.15, 0.2) is 0 Å². The van der Waals surface area contributed by atoms with Gasteiger partial charge < -0.3 is 29.2 Å². The maximum atomic E-state index is 7.14. The minimum Gasteiger partial charge on any atom is -0.412 e. The molecule has 0 amide bonds. The van der Waals surface area contributed by atoms with Crippen molar-refractivity contribution in [3.63, 3.8) is 0 Å². The normalized spacial score (nSPS) is 19.3. The van der Waals surface area contributed by atoms with E-state index in [0.29, 0.717) is 33.0 Å². The first-order chi connectivity index (χ1) is 25.8. The molecule has 54 heavy (non-hydrogen) atoms. The molecule has 1 fully saturated rings. The number of rotatable bonds is 16. The largest absolute Gasteiger partial charge is 0.412 e. The second-order valence-electron chi connectivity index (χ2n) is 13.2. The molecule has 0 aliphatic carbocycles. The van der Waals surface area contributed by atoms with E-state index in [4.69, 9.17) is 23.7 Å². The molecule has 0 saturated carbocycles. The molecule has 2 N–H and O–H groups in total. The molecule has 0 aromatic heterocycles. The van der Waals surface area contributed by atoms with Crippen LogP contribution >= 0.6 is 0 Å². The zero-order valence-corrected chi connectivity index (χ0v) is 33.3. The first-order valence-corrected chi connectivity index (χ1v) is 18.1. The van der Waals surface area contributed by atoms with Gasteiger partial charge >= 0.3 is 0 Å². The Morgan fingerprint density at radius 3 is 1.46 bits per heavy atom. The number of benzene rings is 6. The van der Waals surface area contributed by atoms with Crippen molar-refractivity contribution in [2.24, 2.45) is 0 Å².